The van der Waals surface area contributed by atoms with Crippen molar-refractivity contribution in [3.8, 4) is 0 Å². The number of nitrogens with one attached hydrogen (secondary N) is 1. The summed E-state index contributed by atoms with van der Waals surface area (Å²) >= 11 is 0. The molecular weight excluding hydrogens is 220 g/mol. The second-order valence-electron chi connectivity index (χ2n) is 6.33. The van der Waals surface area contributed by atoms with E-state index >= 15 is 0 Å². The van der Waals surface area contributed by atoms with Crippen LogP contribution in [0.1, 0.15) is 59.3 Å². The molecule has 0 aromatic carbocycles. The second-order valence-corrected chi connectivity index (χ2v) is 6.33. The molecule has 1 saturated carbocycles. The number of rotatable bonds is 8. The molecule has 0 amide bonds. The molecule has 1 unspecified atom stereocenters. The summed E-state index contributed by atoms with van der Waals surface area (Å²) in [6.45, 7) is 10.5. The molecule has 18 heavy (non-hydrogen) atoms. The lowest BCUT2D eigenvalue weighted by Crippen LogP contribution is -2.39. The Labute approximate surface area is 115 Å². The van der Waals surface area contributed by atoms with Crippen LogP contribution in [0.4, 0.5) is 0 Å². The summed E-state index contributed by atoms with van der Waals surface area (Å²) in [5.74, 6) is 1.78. The van der Waals surface area contributed by atoms with E-state index in [2.05, 4.69) is 38.0 Å². The molecule has 1 rings (SSSR count). The van der Waals surface area contributed by atoms with Gasteiger partial charge in [0.05, 0.1) is 0 Å². The van der Waals surface area contributed by atoms with Crippen molar-refractivity contribution in [2.45, 2.75) is 65.3 Å². The summed E-state index contributed by atoms with van der Waals surface area (Å²) < 4.78 is 0. The number of hydrogen-bond donors (Lipinski definition) is 1. The van der Waals surface area contributed by atoms with Gasteiger partial charge in [0.25, 0.3) is 0 Å². The summed E-state index contributed by atoms with van der Waals surface area (Å²) in [6.07, 6.45) is 8.37. The predicted molar refractivity (Wildman–Crippen MR) is 81.0 cm³/mol. The number of hydrogen-bond acceptors (Lipinski definition) is 2. The van der Waals surface area contributed by atoms with E-state index in [1.165, 1.54) is 51.6 Å². The van der Waals surface area contributed by atoms with Gasteiger partial charge in [-0.3, -0.25) is 0 Å². The molecular formula is C16H34N2. The van der Waals surface area contributed by atoms with E-state index < -0.39 is 0 Å². The van der Waals surface area contributed by atoms with Crippen LogP contribution in [0.2, 0.25) is 0 Å². The Kier molecular flexibility index (Phi) is 7.92. The second kappa shape index (κ2) is 8.92. The molecule has 0 radical (unpaired) electrons. The molecule has 0 aliphatic heterocycles. The summed E-state index contributed by atoms with van der Waals surface area (Å²) in [5.41, 5.74) is 0. The fraction of sp³-hybridized carbons (Fsp3) is 1.00. The monoisotopic (exact) mass is 254 g/mol. The average molecular weight is 254 g/mol. The van der Waals surface area contributed by atoms with Crippen LogP contribution in [0.3, 0.4) is 0 Å². The maximum absolute atomic E-state index is 3.53. The van der Waals surface area contributed by atoms with Gasteiger partial charge < -0.3 is 10.2 Å². The lowest BCUT2D eigenvalue weighted by atomic mass is 9.84. The molecule has 2 nitrogen and oxygen atoms in total. The quantitative estimate of drug-likeness (QED) is 0.667. The van der Waals surface area contributed by atoms with E-state index in [4.69, 9.17) is 0 Å². The van der Waals surface area contributed by atoms with E-state index in [9.17, 15) is 0 Å². The van der Waals surface area contributed by atoms with E-state index in [1.807, 2.05) is 0 Å². The van der Waals surface area contributed by atoms with Gasteiger partial charge in [-0.1, -0.05) is 27.2 Å². The minimum Gasteiger partial charge on any atom is -0.316 e. The van der Waals surface area contributed by atoms with Crippen LogP contribution in [0.5, 0.6) is 0 Å². The molecule has 1 fully saturated rings. The first-order chi connectivity index (χ1) is 8.67. The van der Waals surface area contributed by atoms with Crippen molar-refractivity contribution < 1.29 is 0 Å². The van der Waals surface area contributed by atoms with Gasteiger partial charge in [0.2, 0.25) is 0 Å². The predicted octanol–water partition coefficient (Wildman–Crippen LogP) is 3.52. The van der Waals surface area contributed by atoms with Gasteiger partial charge in [-0.05, 0) is 64.1 Å². The van der Waals surface area contributed by atoms with E-state index in [1.54, 1.807) is 0 Å². The first kappa shape index (κ1) is 16.0. The number of nitrogens with zero attached hydrogens (tertiary/aromatic N) is 1. The van der Waals surface area contributed by atoms with Crippen LogP contribution in [-0.2, 0) is 0 Å². The normalized spacial score (nSPS) is 26.5. The third-order valence-corrected chi connectivity index (χ3v) is 4.54. The fourth-order valence-corrected chi connectivity index (χ4v) is 3.22. The Balaban J connectivity index is 2.17. The minimum atomic E-state index is 0.769. The van der Waals surface area contributed by atoms with Gasteiger partial charge >= 0.3 is 0 Å². The molecule has 0 bridgehead atoms. The van der Waals surface area contributed by atoms with Crippen molar-refractivity contribution in [1.82, 2.24) is 10.2 Å². The van der Waals surface area contributed by atoms with E-state index in [-0.39, 0.29) is 0 Å². The largest absolute Gasteiger partial charge is 0.316 e. The van der Waals surface area contributed by atoms with E-state index in [0.29, 0.717) is 0 Å². The molecule has 1 N–H and O–H groups in total. The van der Waals surface area contributed by atoms with Gasteiger partial charge in [0.1, 0.15) is 0 Å². The zero-order chi connectivity index (χ0) is 13.4. The highest BCUT2D eigenvalue weighted by Crippen LogP contribution is 2.29. The zero-order valence-electron chi connectivity index (χ0n) is 13.0. The third-order valence-electron chi connectivity index (χ3n) is 4.54. The van der Waals surface area contributed by atoms with Crippen molar-refractivity contribution in [1.29, 1.82) is 0 Å². The summed E-state index contributed by atoms with van der Waals surface area (Å²) in [7, 11) is 2.33. The van der Waals surface area contributed by atoms with Gasteiger partial charge in [-0.25, -0.2) is 0 Å². The molecule has 1 aliphatic rings. The van der Waals surface area contributed by atoms with Crippen LogP contribution in [0, 0.1) is 11.8 Å². The summed E-state index contributed by atoms with van der Waals surface area (Å²) in [5, 5.41) is 3.53. The molecule has 1 aliphatic carbocycles. The van der Waals surface area contributed by atoms with Gasteiger partial charge in [-0.2, -0.15) is 0 Å². The lowest BCUT2D eigenvalue weighted by Gasteiger charge is -2.35. The Morgan fingerprint density at radius 2 is 1.83 bits per heavy atom. The van der Waals surface area contributed by atoms with Crippen molar-refractivity contribution in [2.24, 2.45) is 11.8 Å². The molecule has 0 saturated heterocycles. The first-order valence-corrected chi connectivity index (χ1v) is 8.08. The van der Waals surface area contributed by atoms with Crippen LogP contribution in [-0.4, -0.2) is 37.6 Å². The minimum absolute atomic E-state index is 0.769. The molecule has 0 spiro atoms. The molecule has 0 heterocycles. The van der Waals surface area contributed by atoms with Crippen LogP contribution in [0.25, 0.3) is 0 Å². The Hall–Kier alpha value is -0.0800. The Morgan fingerprint density at radius 3 is 2.39 bits per heavy atom. The van der Waals surface area contributed by atoms with Gasteiger partial charge in [0.15, 0.2) is 0 Å². The topological polar surface area (TPSA) is 15.3 Å². The van der Waals surface area contributed by atoms with Crippen molar-refractivity contribution >= 4 is 0 Å². The van der Waals surface area contributed by atoms with Gasteiger partial charge in [0, 0.05) is 12.6 Å². The Bertz CT molecular complexity index is 197. The maximum atomic E-state index is 3.53. The zero-order valence-corrected chi connectivity index (χ0v) is 13.0. The molecule has 2 heteroatoms. The lowest BCUT2D eigenvalue weighted by molar-refractivity contribution is 0.147. The first-order valence-electron chi connectivity index (χ1n) is 8.08. The average Bonchev–Trinajstić information content (AvgIpc) is 2.39. The van der Waals surface area contributed by atoms with Crippen LogP contribution >= 0.6 is 0 Å². The summed E-state index contributed by atoms with van der Waals surface area (Å²) in [6, 6.07) is 0.849. The molecule has 108 valence electrons. The third kappa shape index (κ3) is 5.71. The van der Waals surface area contributed by atoms with Crippen LogP contribution in [0.15, 0.2) is 0 Å². The van der Waals surface area contributed by atoms with Gasteiger partial charge in [-0.15, -0.1) is 0 Å². The maximum Gasteiger partial charge on any atom is 0.00925 e. The van der Waals surface area contributed by atoms with Crippen molar-refractivity contribution in [3.05, 3.63) is 0 Å². The fourth-order valence-electron chi connectivity index (χ4n) is 3.22. The van der Waals surface area contributed by atoms with Crippen molar-refractivity contribution in [2.75, 3.05) is 26.7 Å². The van der Waals surface area contributed by atoms with Crippen LogP contribution < -0.4 is 5.32 Å². The Morgan fingerprint density at radius 1 is 1.17 bits per heavy atom. The molecule has 1 atom stereocenters. The van der Waals surface area contributed by atoms with Crippen molar-refractivity contribution in [3.63, 3.8) is 0 Å². The summed E-state index contributed by atoms with van der Waals surface area (Å²) in [4.78, 5) is 2.62. The highest BCUT2D eigenvalue weighted by molar-refractivity contribution is 4.78. The molecule has 0 aromatic heterocycles. The van der Waals surface area contributed by atoms with E-state index in [0.717, 1.165) is 24.4 Å². The highest BCUT2D eigenvalue weighted by atomic mass is 15.1. The molecule has 0 aromatic rings. The SMILES string of the molecule is CCCNCC(C)CN(C)C1CCC(CC)CC1. The standard InChI is InChI=1S/C16H34N2/c1-5-11-17-12-14(3)13-18(4)16-9-7-15(6-2)8-10-16/h14-17H,5-13H2,1-4H3. The smallest absolute Gasteiger partial charge is 0.00925 e. The highest BCUT2D eigenvalue weighted by Gasteiger charge is 2.23.